The quantitative estimate of drug-likeness (QED) is 0.299. The second-order valence-electron chi connectivity index (χ2n) is 5.96. The molecule has 0 radical (unpaired) electrons. The summed E-state index contributed by atoms with van der Waals surface area (Å²) in [7, 11) is 0. The van der Waals surface area contributed by atoms with Gasteiger partial charge in [0, 0.05) is 19.4 Å². The molecule has 0 atom stereocenters. The average Bonchev–Trinajstić information content (AvgIpc) is 2.80. The molecule has 0 aromatic rings. The van der Waals surface area contributed by atoms with Gasteiger partial charge in [0.05, 0.1) is 0 Å². The maximum Gasteiger partial charge on any atom is 0.229 e. The molecule has 0 bridgehead atoms. The van der Waals surface area contributed by atoms with E-state index in [0.29, 0.717) is 19.4 Å². The van der Waals surface area contributed by atoms with E-state index in [4.69, 9.17) is 0 Å². The fraction of sp³-hybridized carbons (Fsp3) is 0.778. The van der Waals surface area contributed by atoms with Gasteiger partial charge in [0.25, 0.3) is 0 Å². The van der Waals surface area contributed by atoms with Gasteiger partial charge in [-0.15, -0.1) is 0 Å². The fourth-order valence-corrected chi connectivity index (χ4v) is 2.68. The Labute approximate surface area is 129 Å². The Balaban J connectivity index is 1.87. The van der Waals surface area contributed by atoms with Crippen LogP contribution in [0.4, 0.5) is 0 Å². The first-order valence-corrected chi connectivity index (χ1v) is 8.74. The van der Waals surface area contributed by atoms with Gasteiger partial charge in [-0.25, -0.2) is 0 Å². The van der Waals surface area contributed by atoms with E-state index in [0.717, 1.165) is 19.3 Å². The summed E-state index contributed by atoms with van der Waals surface area (Å²) in [4.78, 5) is 24.3. The van der Waals surface area contributed by atoms with Crippen LogP contribution in [0.2, 0.25) is 0 Å². The summed E-state index contributed by atoms with van der Waals surface area (Å²) in [6.07, 6.45) is 17.7. The van der Waals surface area contributed by atoms with Gasteiger partial charge in [-0.3, -0.25) is 14.5 Å². The number of hydrogen-bond donors (Lipinski definition) is 0. The Kier molecular flexibility index (Phi) is 9.84. The number of rotatable bonds is 12. The lowest BCUT2D eigenvalue weighted by Crippen LogP contribution is -2.29. The minimum Gasteiger partial charge on any atom is -0.283 e. The molecule has 1 saturated heterocycles. The standard InChI is InChI=1S/C18H31NO2/c1-2-3-4-5-6-7-8-9-10-11-12-13-16-19-17(20)14-15-18(19)21/h7-8H,2-6,9-16H2,1H3. The van der Waals surface area contributed by atoms with Gasteiger partial charge in [0.1, 0.15) is 0 Å². The van der Waals surface area contributed by atoms with E-state index < -0.39 is 0 Å². The largest absolute Gasteiger partial charge is 0.283 e. The molecule has 1 fully saturated rings. The van der Waals surface area contributed by atoms with Gasteiger partial charge >= 0.3 is 0 Å². The molecule has 1 rings (SSSR count). The molecule has 1 aliphatic rings. The summed E-state index contributed by atoms with van der Waals surface area (Å²) in [6.45, 7) is 2.87. The molecule has 0 aromatic carbocycles. The minimum atomic E-state index is 0.0195. The smallest absolute Gasteiger partial charge is 0.229 e. The van der Waals surface area contributed by atoms with E-state index in [9.17, 15) is 9.59 Å². The van der Waals surface area contributed by atoms with Crippen LogP contribution in [0, 0.1) is 0 Å². The summed E-state index contributed by atoms with van der Waals surface area (Å²) in [5.74, 6) is 0.0389. The Morgan fingerprint density at radius 1 is 0.810 bits per heavy atom. The zero-order valence-corrected chi connectivity index (χ0v) is 13.6. The number of amides is 2. The molecule has 0 N–H and O–H groups in total. The van der Waals surface area contributed by atoms with Crippen LogP contribution in [0.3, 0.4) is 0 Å². The molecule has 0 saturated carbocycles. The number of allylic oxidation sites excluding steroid dienone is 2. The fourth-order valence-electron chi connectivity index (χ4n) is 2.68. The van der Waals surface area contributed by atoms with Crippen LogP contribution in [-0.4, -0.2) is 23.3 Å². The molecule has 3 heteroatoms. The van der Waals surface area contributed by atoms with Crippen molar-refractivity contribution in [2.75, 3.05) is 6.54 Å². The van der Waals surface area contributed by atoms with E-state index in [2.05, 4.69) is 19.1 Å². The number of imide groups is 1. The highest BCUT2D eigenvalue weighted by Gasteiger charge is 2.27. The SMILES string of the molecule is CCCCCCC=CCCCCCCN1C(=O)CCC1=O. The lowest BCUT2D eigenvalue weighted by atomic mass is 10.1. The van der Waals surface area contributed by atoms with Gasteiger partial charge in [0.2, 0.25) is 11.8 Å². The Bertz CT molecular complexity index is 320. The first-order chi connectivity index (χ1) is 10.3. The van der Waals surface area contributed by atoms with Crippen LogP contribution < -0.4 is 0 Å². The molecule has 0 aliphatic carbocycles. The van der Waals surface area contributed by atoms with Gasteiger partial charge < -0.3 is 0 Å². The third-order valence-corrected chi connectivity index (χ3v) is 4.05. The van der Waals surface area contributed by atoms with Crippen molar-refractivity contribution in [2.24, 2.45) is 0 Å². The highest BCUT2D eigenvalue weighted by Crippen LogP contribution is 2.13. The number of likely N-dealkylation sites (tertiary alicyclic amines) is 1. The summed E-state index contributed by atoms with van der Waals surface area (Å²) >= 11 is 0. The monoisotopic (exact) mass is 293 g/mol. The summed E-state index contributed by atoms with van der Waals surface area (Å²) < 4.78 is 0. The van der Waals surface area contributed by atoms with Crippen LogP contribution in [-0.2, 0) is 9.59 Å². The summed E-state index contributed by atoms with van der Waals surface area (Å²) in [5, 5.41) is 0. The first-order valence-electron chi connectivity index (χ1n) is 8.74. The molecule has 0 spiro atoms. The van der Waals surface area contributed by atoms with Crippen molar-refractivity contribution in [1.82, 2.24) is 4.90 Å². The van der Waals surface area contributed by atoms with E-state index in [1.807, 2.05) is 0 Å². The highest BCUT2D eigenvalue weighted by molar-refractivity contribution is 6.01. The normalized spacial score (nSPS) is 15.6. The van der Waals surface area contributed by atoms with Crippen LogP contribution in [0.1, 0.15) is 84.0 Å². The van der Waals surface area contributed by atoms with Crippen molar-refractivity contribution in [2.45, 2.75) is 84.0 Å². The van der Waals surface area contributed by atoms with Gasteiger partial charge in [-0.05, 0) is 32.1 Å². The number of unbranched alkanes of at least 4 members (excludes halogenated alkanes) is 8. The zero-order valence-electron chi connectivity index (χ0n) is 13.6. The highest BCUT2D eigenvalue weighted by atomic mass is 16.2. The van der Waals surface area contributed by atoms with Crippen LogP contribution in [0.15, 0.2) is 12.2 Å². The van der Waals surface area contributed by atoms with Crippen molar-refractivity contribution in [3.05, 3.63) is 12.2 Å². The number of nitrogens with zero attached hydrogens (tertiary/aromatic N) is 1. The Hall–Kier alpha value is -1.12. The second kappa shape index (κ2) is 11.5. The van der Waals surface area contributed by atoms with E-state index in [1.54, 1.807) is 0 Å². The topological polar surface area (TPSA) is 37.4 Å². The predicted molar refractivity (Wildman–Crippen MR) is 86.9 cm³/mol. The number of hydrogen-bond acceptors (Lipinski definition) is 2. The van der Waals surface area contributed by atoms with Crippen molar-refractivity contribution in [3.8, 4) is 0 Å². The molecule has 1 aliphatic heterocycles. The van der Waals surface area contributed by atoms with Gasteiger partial charge in [-0.1, -0.05) is 51.2 Å². The van der Waals surface area contributed by atoms with Gasteiger partial charge in [-0.2, -0.15) is 0 Å². The zero-order chi connectivity index (χ0) is 15.3. The lowest BCUT2D eigenvalue weighted by molar-refractivity contribution is -0.138. The van der Waals surface area contributed by atoms with Crippen molar-refractivity contribution in [1.29, 1.82) is 0 Å². The predicted octanol–water partition coefficient (Wildman–Crippen LogP) is 4.61. The van der Waals surface area contributed by atoms with Crippen molar-refractivity contribution < 1.29 is 9.59 Å². The third-order valence-electron chi connectivity index (χ3n) is 4.05. The average molecular weight is 293 g/mol. The van der Waals surface area contributed by atoms with Crippen molar-refractivity contribution >= 4 is 11.8 Å². The summed E-state index contributed by atoms with van der Waals surface area (Å²) in [5.41, 5.74) is 0. The maximum absolute atomic E-state index is 11.4. The molecule has 120 valence electrons. The van der Waals surface area contributed by atoms with E-state index >= 15 is 0 Å². The van der Waals surface area contributed by atoms with Crippen LogP contribution in [0.25, 0.3) is 0 Å². The second-order valence-corrected chi connectivity index (χ2v) is 5.96. The number of carbonyl (C=O) groups is 2. The first kappa shape index (κ1) is 17.9. The minimum absolute atomic E-state index is 0.0195. The number of carbonyl (C=O) groups excluding carboxylic acids is 2. The summed E-state index contributed by atoms with van der Waals surface area (Å²) in [6, 6.07) is 0. The van der Waals surface area contributed by atoms with Crippen LogP contribution >= 0.6 is 0 Å². The van der Waals surface area contributed by atoms with Crippen molar-refractivity contribution in [3.63, 3.8) is 0 Å². The molecule has 1 heterocycles. The van der Waals surface area contributed by atoms with Crippen LogP contribution in [0.5, 0.6) is 0 Å². The van der Waals surface area contributed by atoms with E-state index in [-0.39, 0.29) is 11.8 Å². The van der Waals surface area contributed by atoms with E-state index in [1.165, 1.54) is 49.8 Å². The molecule has 21 heavy (non-hydrogen) atoms. The van der Waals surface area contributed by atoms with Gasteiger partial charge in [0.15, 0.2) is 0 Å². The molecular formula is C18H31NO2. The third kappa shape index (κ3) is 8.03. The molecule has 0 unspecified atom stereocenters. The maximum atomic E-state index is 11.4. The Morgan fingerprint density at radius 3 is 1.90 bits per heavy atom. The Morgan fingerprint density at radius 2 is 1.33 bits per heavy atom. The molecule has 2 amide bonds. The molecule has 3 nitrogen and oxygen atoms in total. The molecule has 0 aromatic heterocycles. The lowest BCUT2D eigenvalue weighted by Gasteiger charge is -2.12. The molecular weight excluding hydrogens is 262 g/mol.